The number of ether oxygens (including phenoxy) is 1. The molecule has 20 heavy (non-hydrogen) atoms. The van der Waals surface area contributed by atoms with Gasteiger partial charge < -0.3 is 10.1 Å². The maximum Gasteiger partial charge on any atom is 0.146 e. The van der Waals surface area contributed by atoms with E-state index < -0.39 is 0 Å². The summed E-state index contributed by atoms with van der Waals surface area (Å²) in [5.41, 5.74) is 1.29. The molecule has 0 aliphatic carbocycles. The monoisotopic (exact) mass is 334 g/mol. The highest BCUT2D eigenvalue weighted by Gasteiger charge is 2.07. The zero-order valence-corrected chi connectivity index (χ0v) is 13.4. The molecular formula is C16H19BrN2O. The average Bonchev–Trinajstić information content (AvgIpc) is 2.46. The first-order chi connectivity index (χ1) is 9.72. The first-order valence-electron chi connectivity index (χ1n) is 6.84. The summed E-state index contributed by atoms with van der Waals surface area (Å²) in [6.45, 7) is 5.28. The van der Waals surface area contributed by atoms with Gasteiger partial charge in [0.25, 0.3) is 0 Å². The fourth-order valence-corrected chi connectivity index (χ4v) is 2.44. The zero-order chi connectivity index (χ0) is 14.4. The fraction of sp³-hybridized carbons (Fsp3) is 0.312. The molecule has 1 heterocycles. The van der Waals surface area contributed by atoms with Gasteiger partial charge in [0.05, 0.1) is 6.20 Å². The molecule has 0 bridgehead atoms. The molecule has 2 aromatic rings. The number of nitrogens with one attached hydrogen (secondary N) is 1. The third-order valence-electron chi connectivity index (χ3n) is 3.06. The molecule has 1 atom stereocenters. The predicted octanol–water partition coefficient (Wildman–Crippen LogP) is 4.70. The van der Waals surface area contributed by atoms with E-state index in [4.69, 9.17) is 4.74 Å². The van der Waals surface area contributed by atoms with E-state index in [0.29, 0.717) is 6.04 Å². The van der Waals surface area contributed by atoms with E-state index in [1.165, 1.54) is 5.56 Å². The number of pyridine rings is 1. The standard InChI is InChI=1S/C16H19BrN2O/c1-3-16(19-4-2)12-5-7-14(8-6-12)20-15-9-13(17)10-18-11-15/h5-11,16,19H,3-4H2,1-2H3. The van der Waals surface area contributed by atoms with Gasteiger partial charge in [0, 0.05) is 16.7 Å². The van der Waals surface area contributed by atoms with Crippen LogP contribution in [0.1, 0.15) is 31.9 Å². The van der Waals surface area contributed by atoms with Crippen LogP contribution in [0.5, 0.6) is 11.5 Å². The molecule has 0 spiro atoms. The van der Waals surface area contributed by atoms with Crippen LogP contribution in [0.15, 0.2) is 47.2 Å². The second-order valence-corrected chi connectivity index (χ2v) is 5.44. The van der Waals surface area contributed by atoms with E-state index in [1.807, 2.05) is 18.2 Å². The summed E-state index contributed by atoms with van der Waals surface area (Å²) in [5, 5.41) is 3.47. The van der Waals surface area contributed by atoms with Crippen molar-refractivity contribution in [3.05, 3.63) is 52.8 Å². The van der Waals surface area contributed by atoms with Gasteiger partial charge in [-0.05, 0) is 52.7 Å². The molecule has 4 heteroatoms. The van der Waals surface area contributed by atoms with Crippen molar-refractivity contribution in [1.29, 1.82) is 0 Å². The van der Waals surface area contributed by atoms with Crippen LogP contribution in [0.2, 0.25) is 0 Å². The summed E-state index contributed by atoms with van der Waals surface area (Å²) in [4.78, 5) is 4.08. The predicted molar refractivity (Wildman–Crippen MR) is 85.2 cm³/mol. The Morgan fingerprint density at radius 3 is 2.50 bits per heavy atom. The maximum absolute atomic E-state index is 5.77. The van der Waals surface area contributed by atoms with Crippen molar-refractivity contribution in [2.75, 3.05) is 6.54 Å². The van der Waals surface area contributed by atoms with Gasteiger partial charge in [0.1, 0.15) is 11.5 Å². The summed E-state index contributed by atoms with van der Waals surface area (Å²) in [6, 6.07) is 10.5. The summed E-state index contributed by atoms with van der Waals surface area (Å²) in [7, 11) is 0. The SMILES string of the molecule is CCNC(CC)c1ccc(Oc2cncc(Br)c2)cc1. The minimum Gasteiger partial charge on any atom is -0.456 e. The Bertz CT molecular complexity index is 542. The van der Waals surface area contributed by atoms with Crippen LogP contribution in [0.25, 0.3) is 0 Å². The first-order valence-corrected chi connectivity index (χ1v) is 7.64. The normalized spacial score (nSPS) is 12.2. The van der Waals surface area contributed by atoms with Crippen molar-refractivity contribution in [3.63, 3.8) is 0 Å². The lowest BCUT2D eigenvalue weighted by Crippen LogP contribution is -2.19. The van der Waals surface area contributed by atoms with E-state index in [2.05, 4.69) is 52.2 Å². The Balaban J connectivity index is 2.08. The molecule has 1 unspecified atom stereocenters. The number of rotatable bonds is 6. The average molecular weight is 335 g/mol. The summed E-state index contributed by atoms with van der Waals surface area (Å²) < 4.78 is 6.68. The largest absolute Gasteiger partial charge is 0.456 e. The van der Waals surface area contributed by atoms with Crippen molar-refractivity contribution in [3.8, 4) is 11.5 Å². The Hall–Kier alpha value is -1.39. The van der Waals surface area contributed by atoms with E-state index in [0.717, 1.165) is 28.9 Å². The molecule has 0 radical (unpaired) electrons. The van der Waals surface area contributed by atoms with Crippen LogP contribution in [-0.2, 0) is 0 Å². The van der Waals surface area contributed by atoms with Gasteiger partial charge in [0.2, 0.25) is 0 Å². The smallest absolute Gasteiger partial charge is 0.146 e. The Morgan fingerprint density at radius 2 is 1.90 bits per heavy atom. The highest BCUT2D eigenvalue weighted by Crippen LogP contribution is 2.25. The van der Waals surface area contributed by atoms with Gasteiger partial charge in [-0.2, -0.15) is 0 Å². The summed E-state index contributed by atoms with van der Waals surface area (Å²) in [5.74, 6) is 1.55. The van der Waals surface area contributed by atoms with Gasteiger partial charge in [-0.15, -0.1) is 0 Å². The van der Waals surface area contributed by atoms with Gasteiger partial charge in [-0.25, -0.2) is 0 Å². The van der Waals surface area contributed by atoms with Crippen LogP contribution in [0.3, 0.4) is 0 Å². The van der Waals surface area contributed by atoms with E-state index in [1.54, 1.807) is 12.4 Å². The van der Waals surface area contributed by atoms with Gasteiger partial charge in [0.15, 0.2) is 0 Å². The first kappa shape index (κ1) is 15.0. The quantitative estimate of drug-likeness (QED) is 0.831. The molecule has 106 valence electrons. The minimum absolute atomic E-state index is 0.404. The Kier molecular flexibility index (Phi) is 5.56. The number of hydrogen-bond acceptors (Lipinski definition) is 3. The van der Waals surface area contributed by atoms with Crippen LogP contribution in [0.4, 0.5) is 0 Å². The number of aromatic nitrogens is 1. The Labute approximate surface area is 128 Å². The van der Waals surface area contributed by atoms with Crippen molar-refractivity contribution in [2.24, 2.45) is 0 Å². The molecule has 1 aromatic carbocycles. The highest BCUT2D eigenvalue weighted by atomic mass is 79.9. The molecule has 0 amide bonds. The topological polar surface area (TPSA) is 34.1 Å². The molecule has 0 aliphatic heterocycles. The van der Waals surface area contributed by atoms with Crippen molar-refractivity contribution in [2.45, 2.75) is 26.3 Å². The van der Waals surface area contributed by atoms with E-state index in [-0.39, 0.29) is 0 Å². The molecule has 3 nitrogen and oxygen atoms in total. The molecule has 1 aromatic heterocycles. The fourth-order valence-electron chi connectivity index (χ4n) is 2.10. The lowest BCUT2D eigenvalue weighted by atomic mass is 10.0. The van der Waals surface area contributed by atoms with Crippen molar-refractivity contribution in [1.82, 2.24) is 10.3 Å². The van der Waals surface area contributed by atoms with Gasteiger partial charge in [-0.3, -0.25) is 4.98 Å². The maximum atomic E-state index is 5.77. The molecule has 1 N–H and O–H groups in total. The van der Waals surface area contributed by atoms with Crippen LogP contribution in [0, 0.1) is 0 Å². The van der Waals surface area contributed by atoms with Crippen LogP contribution >= 0.6 is 15.9 Å². The molecular weight excluding hydrogens is 316 g/mol. The van der Waals surface area contributed by atoms with E-state index in [9.17, 15) is 0 Å². The molecule has 0 fully saturated rings. The molecule has 0 aliphatic rings. The number of nitrogens with zero attached hydrogens (tertiary/aromatic N) is 1. The molecule has 0 saturated carbocycles. The van der Waals surface area contributed by atoms with Crippen molar-refractivity contribution >= 4 is 15.9 Å². The number of halogens is 1. The summed E-state index contributed by atoms with van der Waals surface area (Å²) >= 11 is 3.38. The third-order valence-corrected chi connectivity index (χ3v) is 3.49. The lowest BCUT2D eigenvalue weighted by Gasteiger charge is -2.16. The second-order valence-electron chi connectivity index (χ2n) is 4.53. The highest BCUT2D eigenvalue weighted by molar-refractivity contribution is 9.10. The Morgan fingerprint density at radius 1 is 1.15 bits per heavy atom. The van der Waals surface area contributed by atoms with Crippen LogP contribution < -0.4 is 10.1 Å². The van der Waals surface area contributed by atoms with Gasteiger partial charge >= 0.3 is 0 Å². The van der Waals surface area contributed by atoms with Gasteiger partial charge in [-0.1, -0.05) is 26.0 Å². The second kappa shape index (κ2) is 7.41. The zero-order valence-electron chi connectivity index (χ0n) is 11.8. The molecule has 0 saturated heterocycles. The number of benzene rings is 1. The lowest BCUT2D eigenvalue weighted by molar-refractivity contribution is 0.478. The molecule has 2 rings (SSSR count). The minimum atomic E-state index is 0.404. The van der Waals surface area contributed by atoms with E-state index >= 15 is 0 Å². The van der Waals surface area contributed by atoms with Crippen LogP contribution in [-0.4, -0.2) is 11.5 Å². The summed E-state index contributed by atoms with van der Waals surface area (Å²) in [6.07, 6.45) is 4.51. The third kappa shape index (κ3) is 4.05. The van der Waals surface area contributed by atoms with Crippen molar-refractivity contribution < 1.29 is 4.74 Å². The number of hydrogen-bond donors (Lipinski definition) is 1.